The predicted molar refractivity (Wildman–Crippen MR) is 84.0 cm³/mol. The van der Waals surface area contributed by atoms with Crippen LogP contribution in [0, 0.1) is 0 Å². The molecule has 0 aliphatic rings. The second-order valence-corrected chi connectivity index (χ2v) is 4.82. The Bertz CT molecular complexity index is 826. The number of carbonyl (C=O) groups is 1. The topological polar surface area (TPSA) is 107 Å². The molecule has 2 N–H and O–H groups in total. The molecule has 8 nitrogen and oxygen atoms in total. The van der Waals surface area contributed by atoms with Gasteiger partial charge in [-0.25, -0.2) is 4.79 Å². The van der Waals surface area contributed by atoms with E-state index in [0.29, 0.717) is 17.1 Å². The van der Waals surface area contributed by atoms with Crippen LogP contribution in [0.5, 0.6) is 23.1 Å². The van der Waals surface area contributed by atoms with Gasteiger partial charge in [0, 0.05) is 17.7 Å². The van der Waals surface area contributed by atoms with Crippen LogP contribution in [0.2, 0.25) is 0 Å². The highest BCUT2D eigenvalue weighted by atomic mass is 16.5. The Morgan fingerprint density at radius 2 is 1.83 bits per heavy atom. The second kappa shape index (κ2) is 6.95. The fourth-order valence-electron chi connectivity index (χ4n) is 2.22. The van der Waals surface area contributed by atoms with Gasteiger partial charge in [0.15, 0.2) is 5.56 Å². The largest absolute Gasteiger partial charge is 0.507 e. The van der Waals surface area contributed by atoms with E-state index in [1.165, 1.54) is 14.2 Å². The number of rotatable bonds is 5. The second-order valence-electron chi connectivity index (χ2n) is 4.82. The number of aromatic hydroxyl groups is 2. The first-order valence-electron chi connectivity index (χ1n) is 6.87. The molecule has 1 aromatic carbocycles. The third kappa shape index (κ3) is 3.12. The Morgan fingerprint density at radius 3 is 2.42 bits per heavy atom. The van der Waals surface area contributed by atoms with Gasteiger partial charge in [-0.05, 0) is 12.1 Å². The van der Waals surface area contributed by atoms with E-state index in [0.717, 1.165) is 17.7 Å². The Balaban J connectivity index is 2.55. The summed E-state index contributed by atoms with van der Waals surface area (Å²) in [4.78, 5) is 23.8. The lowest BCUT2D eigenvalue weighted by Crippen LogP contribution is -2.22. The number of pyridine rings is 1. The van der Waals surface area contributed by atoms with E-state index < -0.39 is 28.7 Å². The minimum Gasteiger partial charge on any atom is -0.507 e. The van der Waals surface area contributed by atoms with Gasteiger partial charge in [0.05, 0.1) is 27.9 Å². The number of esters is 1. The van der Waals surface area contributed by atoms with Gasteiger partial charge in [-0.3, -0.25) is 9.36 Å². The normalized spacial score (nSPS) is 10.3. The van der Waals surface area contributed by atoms with Crippen molar-refractivity contribution in [1.82, 2.24) is 4.57 Å². The first kappa shape index (κ1) is 17.2. The number of ether oxygens (including phenoxy) is 3. The van der Waals surface area contributed by atoms with Gasteiger partial charge < -0.3 is 24.4 Å². The van der Waals surface area contributed by atoms with Gasteiger partial charge in [-0.2, -0.15) is 0 Å². The molecule has 8 heteroatoms. The number of methoxy groups -OCH3 is 3. The summed E-state index contributed by atoms with van der Waals surface area (Å²) >= 11 is 0. The number of aromatic nitrogens is 1. The third-order valence-corrected chi connectivity index (χ3v) is 3.47. The molecule has 0 amide bonds. The number of carbonyl (C=O) groups excluding carboxylic acids is 1. The van der Waals surface area contributed by atoms with Crippen molar-refractivity contribution in [3.63, 3.8) is 0 Å². The molecule has 0 aliphatic heterocycles. The summed E-state index contributed by atoms with van der Waals surface area (Å²) in [5.74, 6) is -1.30. The first-order chi connectivity index (χ1) is 11.4. The molecule has 0 saturated heterocycles. The average molecular weight is 335 g/mol. The molecule has 0 fully saturated rings. The van der Waals surface area contributed by atoms with Crippen LogP contribution in [0.4, 0.5) is 0 Å². The van der Waals surface area contributed by atoms with Crippen molar-refractivity contribution < 1.29 is 29.2 Å². The molecule has 1 heterocycles. The van der Waals surface area contributed by atoms with E-state index in [4.69, 9.17) is 9.47 Å². The van der Waals surface area contributed by atoms with Crippen molar-refractivity contribution in [3.8, 4) is 23.1 Å². The lowest BCUT2D eigenvalue weighted by molar-refractivity contribution is 0.0591. The highest BCUT2D eigenvalue weighted by molar-refractivity contribution is 5.94. The molecular weight excluding hydrogens is 318 g/mol. The zero-order valence-corrected chi connectivity index (χ0v) is 13.4. The molecule has 128 valence electrons. The molecule has 0 bridgehead atoms. The lowest BCUT2D eigenvalue weighted by atomic mass is 10.1. The van der Waals surface area contributed by atoms with Crippen molar-refractivity contribution >= 4 is 5.97 Å². The first-order valence-corrected chi connectivity index (χ1v) is 6.87. The van der Waals surface area contributed by atoms with E-state index in [2.05, 4.69) is 4.74 Å². The molecule has 0 aliphatic carbocycles. The molecule has 1 aromatic heterocycles. The molecule has 24 heavy (non-hydrogen) atoms. The van der Waals surface area contributed by atoms with Crippen molar-refractivity contribution in [2.24, 2.45) is 0 Å². The molecule has 0 atom stereocenters. The van der Waals surface area contributed by atoms with Crippen LogP contribution < -0.4 is 15.0 Å². The quantitative estimate of drug-likeness (QED) is 0.788. The monoisotopic (exact) mass is 335 g/mol. The summed E-state index contributed by atoms with van der Waals surface area (Å²) in [6, 6.07) is 5.79. The van der Waals surface area contributed by atoms with Crippen LogP contribution in [0.15, 0.2) is 29.1 Å². The van der Waals surface area contributed by atoms with Crippen molar-refractivity contribution in [2.75, 3.05) is 21.3 Å². The minimum atomic E-state index is -0.958. The molecule has 0 radical (unpaired) electrons. The number of nitrogens with zero attached hydrogens (tertiary/aromatic N) is 1. The number of hydrogen-bond donors (Lipinski definition) is 2. The molecule has 2 aromatic rings. The van der Waals surface area contributed by atoms with E-state index in [1.54, 1.807) is 18.2 Å². The van der Waals surface area contributed by atoms with Gasteiger partial charge in [0.25, 0.3) is 5.56 Å². The van der Waals surface area contributed by atoms with E-state index >= 15 is 0 Å². The lowest BCUT2D eigenvalue weighted by Gasteiger charge is -2.15. The summed E-state index contributed by atoms with van der Waals surface area (Å²) in [5.41, 5.74) is -0.600. The van der Waals surface area contributed by atoms with Crippen LogP contribution in [0.3, 0.4) is 0 Å². The van der Waals surface area contributed by atoms with E-state index in [1.807, 2.05) is 0 Å². The fraction of sp³-hybridized carbons (Fsp3) is 0.250. The highest BCUT2D eigenvalue weighted by Crippen LogP contribution is 2.29. The van der Waals surface area contributed by atoms with Gasteiger partial charge in [0.2, 0.25) is 5.88 Å². The maximum atomic E-state index is 12.1. The highest BCUT2D eigenvalue weighted by Gasteiger charge is 2.22. The summed E-state index contributed by atoms with van der Waals surface area (Å²) in [5, 5.41) is 19.9. The maximum absolute atomic E-state index is 12.1. The molecular formula is C16H17NO7. The SMILES string of the molecule is COC(=O)c1c(O)cc(=O)n(Cc2ccc(OC)cc2OC)c1O. The van der Waals surface area contributed by atoms with Crippen LogP contribution in [-0.2, 0) is 11.3 Å². The Morgan fingerprint density at radius 1 is 1.12 bits per heavy atom. The maximum Gasteiger partial charge on any atom is 0.347 e. The Kier molecular flexibility index (Phi) is 4.98. The van der Waals surface area contributed by atoms with Crippen LogP contribution in [0.25, 0.3) is 0 Å². The number of hydrogen-bond acceptors (Lipinski definition) is 7. The van der Waals surface area contributed by atoms with Gasteiger partial charge >= 0.3 is 5.97 Å². The van der Waals surface area contributed by atoms with Gasteiger partial charge in [-0.1, -0.05) is 0 Å². The van der Waals surface area contributed by atoms with Crippen LogP contribution in [0.1, 0.15) is 15.9 Å². The third-order valence-electron chi connectivity index (χ3n) is 3.47. The molecule has 0 saturated carbocycles. The van der Waals surface area contributed by atoms with Crippen molar-refractivity contribution in [3.05, 3.63) is 45.7 Å². The van der Waals surface area contributed by atoms with E-state index in [-0.39, 0.29) is 6.54 Å². The molecule has 0 spiro atoms. The summed E-state index contributed by atoms with van der Waals surface area (Å²) in [6.45, 7) is -0.0812. The van der Waals surface area contributed by atoms with Gasteiger partial charge in [-0.15, -0.1) is 0 Å². The van der Waals surface area contributed by atoms with E-state index in [9.17, 15) is 19.8 Å². The summed E-state index contributed by atoms with van der Waals surface area (Å²) in [7, 11) is 4.06. The van der Waals surface area contributed by atoms with Crippen LogP contribution >= 0.6 is 0 Å². The Labute approximate surface area is 137 Å². The summed E-state index contributed by atoms with van der Waals surface area (Å²) < 4.78 is 15.8. The molecule has 2 rings (SSSR count). The Hall–Kier alpha value is -3.16. The minimum absolute atomic E-state index is 0.0812. The zero-order valence-electron chi connectivity index (χ0n) is 13.4. The molecule has 0 unspecified atom stereocenters. The summed E-state index contributed by atoms with van der Waals surface area (Å²) in [6.07, 6.45) is 0. The van der Waals surface area contributed by atoms with Crippen LogP contribution in [-0.4, -0.2) is 42.1 Å². The number of benzene rings is 1. The van der Waals surface area contributed by atoms with Crippen molar-refractivity contribution in [1.29, 1.82) is 0 Å². The standard InChI is InChI=1S/C16H17NO7/c1-22-10-5-4-9(12(6-10)23-2)8-17-13(19)7-11(18)14(15(17)20)16(21)24-3/h4-7,18,20H,8H2,1-3H3. The fourth-order valence-corrected chi connectivity index (χ4v) is 2.22. The predicted octanol–water partition coefficient (Wildman–Crippen LogP) is 1.11. The average Bonchev–Trinajstić information content (AvgIpc) is 2.58. The van der Waals surface area contributed by atoms with Crippen molar-refractivity contribution in [2.45, 2.75) is 6.54 Å². The smallest absolute Gasteiger partial charge is 0.347 e. The van der Waals surface area contributed by atoms with Gasteiger partial charge in [0.1, 0.15) is 17.2 Å². The zero-order chi connectivity index (χ0) is 17.9.